The van der Waals surface area contributed by atoms with E-state index in [0.717, 1.165) is 0 Å². The second-order valence-corrected chi connectivity index (χ2v) is 5.26. The van der Waals surface area contributed by atoms with E-state index < -0.39 is 5.97 Å². The van der Waals surface area contributed by atoms with E-state index in [0.29, 0.717) is 23.7 Å². The molecule has 0 amide bonds. The first-order chi connectivity index (χ1) is 8.87. The van der Waals surface area contributed by atoms with E-state index in [1.807, 2.05) is 20.8 Å². The van der Waals surface area contributed by atoms with E-state index in [9.17, 15) is 4.79 Å². The summed E-state index contributed by atoms with van der Waals surface area (Å²) in [6, 6.07) is 4.77. The summed E-state index contributed by atoms with van der Waals surface area (Å²) in [6.45, 7) is 6.28. The highest BCUT2D eigenvalue weighted by Gasteiger charge is 2.15. The number of methoxy groups -OCH3 is 2. The summed E-state index contributed by atoms with van der Waals surface area (Å²) in [5, 5.41) is 0. The number of rotatable bonds is 5. The number of hydrogen-bond acceptors (Lipinski definition) is 5. The lowest BCUT2D eigenvalue weighted by Crippen LogP contribution is -2.17. The number of hydrogen-bond donors (Lipinski definition) is 0. The summed E-state index contributed by atoms with van der Waals surface area (Å²) in [5.74, 6) is 0.452. The highest BCUT2D eigenvalue weighted by Crippen LogP contribution is 2.27. The minimum Gasteiger partial charge on any atom is -0.493 e. The number of carbonyl (C=O) groups is 1. The fourth-order valence-electron chi connectivity index (χ4n) is 1.27. The van der Waals surface area contributed by atoms with Crippen molar-refractivity contribution in [3.63, 3.8) is 0 Å². The van der Waals surface area contributed by atoms with Crippen LogP contribution in [0.25, 0.3) is 0 Å². The van der Waals surface area contributed by atoms with Gasteiger partial charge in [0.15, 0.2) is 11.5 Å². The Balaban J connectivity index is 2.67. The topological polar surface area (TPSA) is 54.0 Å². The number of benzene rings is 1. The Bertz CT molecular complexity index is 434. The summed E-state index contributed by atoms with van der Waals surface area (Å²) in [4.78, 5) is 21.4. The van der Waals surface area contributed by atoms with E-state index in [4.69, 9.17) is 19.2 Å². The summed E-state index contributed by atoms with van der Waals surface area (Å²) in [6.07, 6.45) is 0. The van der Waals surface area contributed by atoms with Crippen molar-refractivity contribution in [3.8, 4) is 11.5 Å². The molecule has 0 N–H and O–H groups in total. The van der Waals surface area contributed by atoms with Crippen LogP contribution in [0, 0.1) is 5.41 Å². The molecule has 1 aromatic carbocycles. The first-order valence-corrected chi connectivity index (χ1v) is 5.93. The van der Waals surface area contributed by atoms with Gasteiger partial charge < -0.3 is 9.47 Å². The standard InChI is InChI=1S/C14H20O5/c1-14(2,3)9-18-19-13(15)10-6-7-11(16-4)12(8-10)17-5/h6-8H,9H2,1-5H3. The zero-order chi connectivity index (χ0) is 14.5. The van der Waals surface area contributed by atoms with Gasteiger partial charge in [-0.1, -0.05) is 20.8 Å². The van der Waals surface area contributed by atoms with Gasteiger partial charge >= 0.3 is 5.97 Å². The molecule has 0 saturated carbocycles. The monoisotopic (exact) mass is 268 g/mol. The maximum absolute atomic E-state index is 11.8. The Labute approximate surface area is 113 Å². The summed E-state index contributed by atoms with van der Waals surface area (Å²) in [5.41, 5.74) is 0.268. The molecular formula is C14H20O5. The van der Waals surface area contributed by atoms with E-state index in [1.165, 1.54) is 14.2 Å². The van der Waals surface area contributed by atoms with Crippen LogP contribution >= 0.6 is 0 Å². The number of carbonyl (C=O) groups excluding carboxylic acids is 1. The minimum atomic E-state index is -0.565. The molecule has 1 aromatic rings. The van der Waals surface area contributed by atoms with Crippen LogP contribution in [-0.4, -0.2) is 26.8 Å². The van der Waals surface area contributed by atoms with Gasteiger partial charge in [0.1, 0.15) is 0 Å². The quantitative estimate of drug-likeness (QED) is 0.607. The van der Waals surface area contributed by atoms with Crippen LogP contribution in [0.5, 0.6) is 11.5 Å². The molecular weight excluding hydrogens is 248 g/mol. The zero-order valence-corrected chi connectivity index (χ0v) is 12.0. The lowest BCUT2D eigenvalue weighted by Gasteiger charge is -2.16. The predicted molar refractivity (Wildman–Crippen MR) is 70.4 cm³/mol. The van der Waals surface area contributed by atoms with Gasteiger partial charge in [-0.2, -0.15) is 4.89 Å². The van der Waals surface area contributed by atoms with Gasteiger partial charge in [-0.15, -0.1) is 0 Å². The van der Waals surface area contributed by atoms with Gasteiger partial charge in [0, 0.05) is 0 Å². The summed E-state index contributed by atoms with van der Waals surface area (Å²) >= 11 is 0. The normalized spacial score (nSPS) is 11.0. The van der Waals surface area contributed by atoms with Gasteiger partial charge in [-0.25, -0.2) is 4.79 Å². The Hall–Kier alpha value is -1.75. The van der Waals surface area contributed by atoms with E-state index in [-0.39, 0.29) is 5.41 Å². The van der Waals surface area contributed by atoms with Crippen molar-refractivity contribution in [2.45, 2.75) is 20.8 Å². The van der Waals surface area contributed by atoms with Crippen molar-refractivity contribution >= 4 is 5.97 Å². The molecule has 0 aromatic heterocycles. The zero-order valence-electron chi connectivity index (χ0n) is 12.0. The van der Waals surface area contributed by atoms with Gasteiger partial charge in [-0.3, -0.25) is 4.89 Å². The van der Waals surface area contributed by atoms with Gasteiger partial charge in [0.25, 0.3) is 0 Å². The Morgan fingerprint density at radius 1 is 1.11 bits per heavy atom. The summed E-state index contributed by atoms with van der Waals surface area (Å²) < 4.78 is 10.2. The molecule has 0 aliphatic rings. The highest BCUT2D eigenvalue weighted by atomic mass is 17.2. The first-order valence-electron chi connectivity index (χ1n) is 5.93. The average Bonchev–Trinajstić information content (AvgIpc) is 2.36. The SMILES string of the molecule is COc1ccc(C(=O)OOCC(C)(C)C)cc1OC. The molecule has 5 nitrogen and oxygen atoms in total. The molecule has 19 heavy (non-hydrogen) atoms. The fourth-order valence-corrected chi connectivity index (χ4v) is 1.27. The van der Waals surface area contributed by atoms with E-state index >= 15 is 0 Å². The molecule has 0 saturated heterocycles. The maximum Gasteiger partial charge on any atom is 0.373 e. The third-order valence-electron chi connectivity index (χ3n) is 2.25. The molecule has 0 bridgehead atoms. The van der Waals surface area contributed by atoms with Crippen LogP contribution in [0.4, 0.5) is 0 Å². The van der Waals surface area contributed by atoms with Crippen molar-refractivity contribution in [2.24, 2.45) is 5.41 Å². The molecule has 1 rings (SSSR count). The van der Waals surface area contributed by atoms with Gasteiger partial charge in [0.2, 0.25) is 0 Å². The molecule has 0 radical (unpaired) electrons. The van der Waals surface area contributed by atoms with Crippen molar-refractivity contribution in [3.05, 3.63) is 23.8 Å². The van der Waals surface area contributed by atoms with Crippen molar-refractivity contribution in [1.29, 1.82) is 0 Å². The van der Waals surface area contributed by atoms with Crippen molar-refractivity contribution in [1.82, 2.24) is 0 Å². The lowest BCUT2D eigenvalue weighted by molar-refractivity contribution is -0.255. The third-order valence-corrected chi connectivity index (χ3v) is 2.25. The minimum absolute atomic E-state index is 0.0715. The predicted octanol–water partition coefficient (Wildman–Crippen LogP) is 2.84. The van der Waals surface area contributed by atoms with Gasteiger partial charge in [-0.05, 0) is 23.6 Å². The van der Waals surface area contributed by atoms with Crippen LogP contribution < -0.4 is 9.47 Å². The van der Waals surface area contributed by atoms with E-state index in [1.54, 1.807) is 18.2 Å². The molecule has 0 spiro atoms. The molecule has 106 valence electrons. The molecule has 0 aliphatic carbocycles. The number of ether oxygens (including phenoxy) is 2. The fraction of sp³-hybridized carbons (Fsp3) is 0.500. The van der Waals surface area contributed by atoms with Crippen molar-refractivity contribution in [2.75, 3.05) is 20.8 Å². The second kappa shape index (κ2) is 6.43. The van der Waals surface area contributed by atoms with Crippen LogP contribution in [-0.2, 0) is 9.78 Å². The molecule has 5 heteroatoms. The van der Waals surface area contributed by atoms with Crippen LogP contribution in [0.3, 0.4) is 0 Å². The Morgan fingerprint density at radius 2 is 1.74 bits per heavy atom. The molecule has 0 heterocycles. The average molecular weight is 268 g/mol. The maximum atomic E-state index is 11.8. The van der Waals surface area contributed by atoms with Crippen LogP contribution in [0.2, 0.25) is 0 Å². The highest BCUT2D eigenvalue weighted by molar-refractivity contribution is 5.89. The molecule has 0 unspecified atom stereocenters. The van der Waals surface area contributed by atoms with Gasteiger partial charge in [0.05, 0.1) is 26.4 Å². The summed E-state index contributed by atoms with van der Waals surface area (Å²) in [7, 11) is 3.03. The Morgan fingerprint density at radius 3 is 2.26 bits per heavy atom. The molecule has 0 fully saturated rings. The molecule has 0 atom stereocenters. The smallest absolute Gasteiger partial charge is 0.373 e. The van der Waals surface area contributed by atoms with Crippen LogP contribution in [0.15, 0.2) is 18.2 Å². The second-order valence-electron chi connectivity index (χ2n) is 5.26. The van der Waals surface area contributed by atoms with E-state index in [2.05, 4.69) is 0 Å². The molecule has 0 aliphatic heterocycles. The third kappa shape index (κ3) is 4.79. The Kier molecular flexibility index (Phi) is 5.18. The van der Waals surface area contributed by atoms with Crippen LogP contribution in [0.1, 0.15) is 31.1 Å². The van der Waals surface area contributed by atoms with Crippen molar-refractivity contribution < 1.29 is 24.0 Å². The largest absolute Gasteiger partial charge is 0.493 e. The first kappa shape index (κ1) is 15.3. The lowest BCUT2D eigenvalue weighted by atomic mass is 9.99.